The number of rotatable bonds is 6. The van der Waals surface area contributed by atoms with Crippen molar-refractivity contribution < 1.29 is 14.3 Å². The van der Waals surface area contributed by atoms with Crippen molar-refractivity contribution in [3.63, 3.8) is 0 Å². The fourth-order valence-electron chi connectivity index (χ4n) is 5.71. The Bertz CT molecular complexity index is 761. The SMILES string of the molecule is COc1ccccc1C(=O)NN=C(C)CC(=O)NC1C2CC3CC(C2)CC1C3. The van der Waals surface area contributed by atoms with Crippen LogP contribution in [0.2, 0.25) is 0 Å². The Hall–Kier alpha value is -2.37. The van der Waals surface area contributed by atoms with Crippen molar-refractivity contribution in [2.75, 3.05) is 7.11 Å². The maximum absolute atomic E-state index is 12.5. The van der Waals surface area contributed by atoms with Crippen molar-refractivity contribution in [3.05, 3.63) is 29.8 Å². The number of para-hydroxylation sites is 1. The first-order valence-electron chi connectivity index (χ1n) is 10.3. The van der Waals surface area contributed by atoms with Crippen molar-refractivity contribution in [1.29, 1.82) is 0 Å². The number of hydrazone groups is 1. The number of nitrogens with one attached hydrogen (secondary N) is 2. The van der Waals surface area contributed by atoms with Gasteiger partial charge in [0.15, 0.2) is 0 Å². The molecule has 6 nitrogen and oxygen atoms in total. The minimum Gasteiger partial charge on any atom is -0.496 e. The molecule has 0 aliphatic heterocycles. The molecule has 5 rings (SSSR count). The van der Waals surface area contributed by atoms with Crippen LogP contribution >= 0.6 is 0 Å². The minimum absolute atomic E-state index is 0.00487. The molecule has 0 atom stereocenters. The molecule has 4 bridgehead atoms. The maximum atomic E-state index is 12.5. The van der Waals surface area contributed by atoms with Crippen molar-refractivity contribution in [3.8, 4) is 5.75 Å². The highest BCUT2D eigenvalue weighted by Crippen LogP contribution is 2.53. The van der Waals surface area contributed by atoms with Crippen LogP contribution in [0.4, 0.5) is 0 Å². The van der Waals surface area contributed by atoms with Crippen LogP contribution in [0, 0.1) is 23.7 Å². The van der Waals surface area contributed by atoms with E-state index in [1.807, 2.05) is 0 Å². The predicted molar refractivity (Wildman–Crippen MR) is 107 cm³/mol. The number of amides is 2. The molecule has 0 radical (unpaired) electrons. The highest BCUT2D eigenvalue weighted by atomic mass is 16.5. The molecule has 0 aromatic heterocycles. The third-order valence-corrected chi connectivity index (χ3v) is 6.67. The fourth-order valence-corrected chi connectivity index (χ4v) is 5.71. The van der Waals surface area contributed by atoms with Gasteiger partial charge in [0.2, 0.25) is 5.91 Å². The highest BCUT2D eigenvalue weighted by molar-refractivity contribution is 6.01. The van der Waals surface area contributed by atoms with Gasteiger partial charge in [0, 0.05) is 11.8 Å². The van der Waals surface area contributed by atoms with E-state index in [0.717, 1.165) is 11.8 Å². The highest BCUT2D eigenvalue weighted by Gasteiger charge is 2.48. The van der Waals surface area contributed by atoms with Crippen LogP contribution in [0.1, 0.15) is 55.8 Å². The van der Waals surface area contributed by atoms with Crippen molar-refractivity contribution >= 4 is 17.5 Å². The first-order valence-corrected chi connectivity index (χ1v) is 10.3. The Labute approximate surface area is 166 Å². The van der Waals surface area contributed by atoms with Crippen molar-refractivity contribution in [2.24, 2.45) is 28.8 Å². The summed E-state index contributed by atoms with van der Waals surface area (Å²) in [5, 5.41) is 7.38. The molecule has 1 aromatic carbocycles. The van der Waals surface area contributed by atoms with E-state index in [2.05, 4.69) is 15.8 Å². The molecule has 0 spiro atoms. The van der Waals surface area contributed by atoms with Gasteiger partial charge in [-0.2, -0.15) is 5.10 Å². The second-order valence-corrected chi connectivity index (χ2v) is 8.69. The zero-order valence-corrected chi connectivity index (χ0v) is 16.6. The fraction of sp³-hybridized carbons (Fsp3) is 0.591. The molecule has 150 valence electrons. The Morgan fingerprint density at radius 3 is 2.36 bits per heavy atom. The number of carbonyl (C=O) groups excluding carboxylic acids is 2. The second kappa shape index (κ2) is 7.94. The van der Waals surface area contributed by atoms with Gasteiger partial charge in [0.25, 0.3) is 5.91 Å². The molecule has 0 unspecified atom stereocenters. The minimum atomic E-state index is -0.349. The lowest BCUT2D eigenvalue weighted by Gasteiger charge is -2.54. The lowest BCUT2D eigenvalue weighted by Crippen LogP contribution is -2.56. The van der Waals surface area contributed by atoms with E-state index in [9.17, 15) is 9.59 Å². The Morgan fingerprint density at radius 2 is 1.71 bits per heavy atom. The molecule has 1 aromatic rings. The summed E-state index contributed by atoms with van der Waals surface area (Å²) in [5.41, 5.74) is 3.53. The largest absolute Gasteiger partial charge is 0.496 e. The average molecular weight is 383 g/mol. The number of benzene rings is 1. The van der Waals surface area contributed by atoms with Crippen LogP contribution in [-0.4, -0.2) is 30.7 Å². The zero-order valence-electron chi connectivity index (χ0n) is 16.6. The van der Waals surface area contributed by atoms with Crippen LogP contribution in [0.25, 0.3) is 0 Å². The van der Waals surface area contributed by atoms with Gasteiger partial charge in [-0.3, -0.25) is 9.59 Å². The van der Waals surface area contributed by atoms with Crippen molar-refractivity contribution in [1.82, 2.24) is 10.7 Å². The van der Waals surface area contributed by atoms with Gasteiger partial charge in [-0.25, -0.2) is 5.43 Å². The molecule has 4 saturated carbocycles. The van der Waals surface area contributed by atoms with E-state index < -0.39 is 0 Å². The van der Waals surface area contributed by atoms with E-state index in [1.54, 1.807) is 31.2 Å². The van der Waals surface area contributed by atoms with Gasteiger partial charge in [-0.15, -0.1) is 0 Å². The maximum Gasteiger partial charge on any atom is 0.275 e. The van der Waals surface area contributed by atoms with Gasteiger partial charge < -0.3 is 10.1 Å². The Kier molecular flexibility index (Phi) is 5.38. The normalized spacial score (nSPS) is 30.8. The molecule has 28 heavy (non-hydrogen) atoms. The van der Waals surface area contributed by atoms with Crippen molar-refractivity contribution in [2.45, 2.75) is 51.5 Å². The number of hydrogen-bond acceptors (Lipinski definition) is 4. The van der Waals surface area contributed by atoms with Crippen LogP contribution in [0.5, 0.6) is 5.75 Å². The van der Waals surface area contributed by atoms with E-state index in [4.69, 9.17) is 4.74 Å². The molecule has 2 amide bonds. The summed E-state index contributed by atoms with van der Waals surface area (Å²) < 4.78 is 5.20. The van der Waals surface area contributed by atoms with Gasteiger partial charge in [-0.1, -0.05) is 12.1 Å². The lowest BCUT2D eigenvalue weighted by atomic mass is 9.54. The molecule has 4 fully saturated rings. The third-order valence-electron chi connectivity index (χ3n) is 6.67. The van der Waals surface area contributed by atoms with Crippen LogP contribution in [0.3, 0.4) is 0 Å². The summed E-state index contributed by atoms with van der Waals surface area (Å²) in [5.74, 6) is 3.25. The van der Waals surface area contributed by atoms with Crippen LogP contribution in [0.15, 0.2) is 29.4 Å². The van der Waals surface area contributed by atoms with Gasteiger partial charge in [-0.05, 0) is 74.8 Å². The zero-order chi connectivity index (χ0) is 19.7. The molecule has 0 heterocycles. The van der Waals surface area contributed by atoms with E-state index >= 15 is 0 Å². The van der Waals surface area contributed by atoms with E-state index in [1.165, 1.54) is 39.2 Å². The molecule has 4 aliphatic carbocycles. The summed E-state index contributed by atoms with van der Waals surface area (Å²) in [4.78, 5) is 24.8. The third kappa shape index (κ3) is 3.91. The predicted octanol–water partition coefficient (Wildman–Crippen LogP) is 3.13. The van der Waals surface area contributed by atoms with Gasteiger partial charge in [0.1, 0.15) is 5.75 Å². The average Bonchev–Trinajstić information content (AvgIpc) is 2.68. The Balaban J connectivity index is 1.30. The van der Waals surface area contributed by atoms with E-state index in [0.29, 0.717) is 34.9 Å². The molecule has 0 saturated heterocycles. The molecular weight excluding hydrogens is 354 g/mol. The number of methoxy groups -OCH3 is 1. The quantitative estimate of drug-likeness (QED) is 0.585. The van der Waals surface area contributed by atoms with Gasteiger partial charge in [0.05, 0.1) is 19.1 Å². The number of carbonyl (C=O) groups is 2. The number of ether oxygens (including phenoxy) is 1. The molecule has 6 heteroatoms. The summed E-state index contributed by atoms with van der Waals surface area (Å²) >= 11 is 0. The Morgan fingerprint density at radius 1 is 1.07 bits per heavy atom. The molecular formula is C22H29N3O3. The molecule has 4 aliphatic rings. The smallest absolute Gasteiger partial charge is 0.275 e. The monoisotopic (exact) mass is 383 g/mol. The lowest BCUT2D eigenvalue weighted by molar-refractivity contribution is -0.123. The summed E-state index contributed by atoms with van der Waals surface area (Å²) in [6.07, 6.45) is 6.72. The molecule has 2 N–H and O–H groups in total. The summed E-state index contributed by atoms with van der Waals surface area (Å²) in [7, 11) is 1.52. The number of hydrogen-bond donors (Lipinski definition) is 2. The van der Waals surface area contributed by atoms with Gasteiger partial charge >= 0.3 is 0 Å². The topological polar surface area (TPSA) is 79.8 Å². The van der Waals surface area contributed by atoms with Crippen LogP contribution < -0.4 is 15.5 Å². The standard InChI is InChI=1S/C22H29N3O3/c1-13(24-25-22(27)18-5-3-4-6-19(18)28-2)7-20(26)23-21-16-9-14-8-15(11-16)12-17(21)10-14/h3-6,14-17,21H,7-12H2,1-2H3,(H,23,26)(H,25,27). The second-order valence-electron chi connectivity index (χ2n) is 8.69. The summed E-state index contributed by atoms with van der Waals surface area (Å²) in [6, 6.07) is 7.31. The first kappa shape index (κ1) is 19.0. The first-order chi connectivity index (χ1) is 13.5. The number of nitrogens with zero attached hydrogens (tertiary/aromatic N) is 1. The van der Waals surface area contributed by atoms with E-state index in [-0.39, 0.29) is 18.2 Å². The van der Waals surface area contributed by atoms with Crippen LogP contribution in [-0.2, 0) is 4.79 Å². The summed E-state index contributed by atoms with van der Waals surface area (Å²) in [6.45, 7) is 1.76.